The van der Waals surface area contributed by atoms with Crippen LogP contribution < -0.4 is 5.48 Å². The van der Waals surface area contributed by atoms with Crippen molar-refractivity contribution < 1.29 is 9.57 Å². The average molecular weight is 175 g/mol. The quantitative estimate of drug-likeness (QED) is 0.524. The Labute approximate surface area is 75.4 Å². The molecule has 0 saturated heterocycles. The highest BCUT2D eigenvalue weighted by molar-refractivity contribution is 4.62. The average Bonchev–Trinajstić information content (AvgIpc) is 1.83. The van der Waals surface area contributed by atoms with Gasteiger partial charge in [0.25, 0.3) is 0 Å². The van der Waals surface area contributed by atoms with Crippen LogP contribution in [0.15, 0.2) is 0 Å². The summed E-state index contributed by atoms with van der Waals surface area (Å²) >= 11 is 0. The van der Waals surface area contributed by atoms with Crippen LogP contribution in [0, 0.1) is 0 Å². The highest BCUT2D eigenvalue weighted by Crippen LogP contribution is 2.09. The number of hydrogen-bond acceptors (Lipinski definition) is 3. The monoisotopic (exact) mass is 175 g/mol. The lowest BCUT2D eigenvalue weighted by atomic mass is 10.2. The molecule has 3 heteroatoms. The Morgan fingerprint density at radius 2 is 1.58 bits per heavy atom. The minimum absolute atomic E-state index is 0.186. The van der Waals surface area contributed by atoms with Crippen LogP contribution in [0.1, 0.15) is 41.5 Å². The molecule has 0 aromatic heterocycles. The van der Waals surface area contributed by atoms with E-state index in [1.807, 2.05) is 41.5 Å². The first-order chi connectivity index (χ1) is 5.27. The van der Waals surface area contributed by atoms with Gasteiger partial charge in [-0.15, -0.1) is 0 Å². The van der Waals surface area contributed by atoms with E-state index in [1.165, 1.54) is 0 Å². The first kappa shape index (κ1) is 11.9. The molecule has 0 aromatic carbocycles. The normalized spacial score (nSPS) is 13.5. The van der Waals surface area contributed by atoms with Gasteiger partial charge in [0.15, 0.2) is 0 Å². The van der Waals surface area contributed by atoms with Gasteiger partial charge in [0.2, 0.25) is 0 Å². The molecular formula is C9H21NO2. The fourth-order valence-electron chi connectivity index (χ4n) is 0.666. The van der Waals surface area contributed by atoms with Gasteiger partial charge in [-0.2, -0.15) is 5.48 Å². The molecule has 0 aliphatic rings. The maximum absolute atomic E-state index is 5.39. The fourth-order valence-corrected chi connectivity index (χ4v) is 0.666. The van der Waals surface area contributed by atoms with Crippen molar-refractivity contribution in [1.29, 1.82) is 0 Å². The van der Waals surface area contributed by atoms with Crippen LogP contribution in [-0.2, 0) is 9.57 Å². The predicted octanol–water partition coefficient (Wildman–Crippen LogP) is 2.08. The molecule has 74 valence electrons. The lowest BCUT2D eigenvalue weighted by Crippen LogP contribution is -2.45. The maximum Gasteiger partial charge on any atom is 0.135 e. The Morgan fingerprint density at radius 1 is 1.08 bits per heavy atom. The van der Waals surface area contributed by atoms with Gasteiger partial charge in [0.1, 0.15) is 5.72 Å². The SMILES string of the molecule is CCOC(C)(C)NOC(C)(C)C. The Balaban J connectivity index is 3.75. The second-order valence-corrected chi connectivity index (χ2v) is 4.26. The molecule has 0 heterocycles. The van der Waals surface area contributed by atoms with Crippen LogP contribution in [0.5, 0.6) is 0 Å². The Hall–Kier alpha value is -0.120. The summed E-state index contributed by atoms with van der Waals surface area (Å²) < 4.78 is 5.39. The Kier molecular flexibility index (Phi) is 4.17. The summed E-state index contributed by atoms with van der Waals surface area (Å²) in [7, 11) is 0. The molecule has 1 N–H and O–H groups in total. The summed E-state index contributed by atoms with van der Waals surface area (Å²) in [6, 6.07) is 0. The third-order valence-electron chi connectivity index (χ3n) is 1.11. The van der Waals surface area contributed by atoms with Crippen molar-refractivity contribution in [2.45, 2.75) is 52.9 Å². The van der Waals surface area contributed by atoms with Gasteiger partial charge in [0, 0.05) is 6.61 Å². The number of hydrogen-bond donors (Lipinski definition) is 1. The van der Waals surface area contributed by atoms with Crippen LogP contribution in [0.3, 0.4) is 0 Å². The minimum atomic E-state index is -0.415. The summed E-state index contributed by atoms with van der Waals surface area (Å²) in [4.78, 5) is 5.37. The van der Waals surface area contributed by atoms with E-state index in [9.17, 15) is 0 Å². The number of rotatable bonds is 4. The smallest absolute Gasteiger partial charge is 0.135 e. The number of ether oxygens (including phenoxy) is 1. The molecule has 0 bridgehead atoms. The molecule has 0 fully saturated rings. The molecular weight excluding hydrogens is 154 g/mol. The molecule has 0 rings (SSSR count). The van der Waals surface area contributed by atoms with E-state index in [2.05, 4.69) is 5.48 Å². The van der Waals surface area contributed by atoms with Crippen molar-refractivity contribution in [3.63, 3.8) is 0 Å². The number of nitrogens with one attached hydrogen (secondary N) is 1. The third-order valence-corrected chi connectivity index (χ3v) is 1.11. The summed E-state index contributed by atoms with van der Waals surface area (Å²) in [6.45, 7) is 12.5. The lowest BCUT2D eigenvalue weighted by Gasteiger charge is -2.30. The van der Waals surface area contributed by atoms with Crippen molar-refractivity contribution in [2.24, 2.45) is 0 Å². The van der Waals surface area contributed by atoms with E-state index in [0.29, 0.717) is 6.61 Å². The van der Waals surface area contributed by atoms with Gasteiger partial charge in [-0.05, 0) is 41.5 Å². The molecule has 0 unspecified atom stereocenters. The molecule has 3 nitrogen and oxygen atoms in total. The third kappa shape index (κ3) is 6.58. The molecule has 0 aliphatic heterocycles. The van der Waals surface area contributed by atoms with Crippen molar-refractivity contribution in [3.05, 3.63) is 0 Å². The predicted molar refractivity (Wildman–Crippen MR) is 49.7 cm³/mol. The zero-order chi connectivity index (χ0) is 9.83. The van der Waals surface area contributed by atoms with E-state index in [1.54, 1.807) is 0 Å². The number of hydroxylamine groups is 1. The van der Waals surface area contributed by atoms with Gasteiger partial charge in [0.05, 0.1) is 5.60 Å². The van der Waals surface area contributed by atoms with E-state index in [0.717, 1.165) is 0 Å². The van der Waals surface area contributed by atoms with Crippen molar-refractivity contribution >= 4 is 0 Å². The fraction of sp³-hybridized carbons (Fsp3) is 1.00. The molecule has 0 saturated carbocycles. The van der Waals surface area contributed by atoms with E-state index in [-0.39, 0.29) is 5.60 Å². The molecule has 0 spiro atoms. The van der Waals surface area contributed by atoms with Crippen molar-refractivity contribution in [3.8, 4) is 0 Å². The van der Waals surface area contributed by atoms with Crippen molar-refractivity contribution in [2.75, 3.05) is 6.61 Å². The first-order valence-electron chi connectivity index (χ1n) is 4.36. The molecule has 0 radical (unpaired) electrons. The standard InChI is InChI=1S/C9H21NO2/c1-7-11-9(5,6)10-12-8(2,3)4/h10H,7H2,1-6H3. The maximum atomic E-state index is 5.39. The second-order valence-electron chi connectivity index (χ2n) is 4.26. The molecule has 0 atom stereocenters. The van der Waals surface area contributed by atoms with E-state index < -0.39 is 5.72 Å². The van der Waals surface area contributed by atoms with Gasteiger partial charge in [-0.1, -0.05) is 0 Å². The highest BCUT2D eigenvalue weighted by atomic mass is 16.7. The molecule has 12 heavy (non-hydrogen) atoms. The van der Waals surface area contributed by atoms with Crippen LogP contribution in [-0.4, -0.2) is 17.9 Å². The lowest BCUT2D eigenvalue weighted by molar-refractivity contribution is -0.185. The van der Waals surface area contributed by atoms with Gasteiger partial charge in [-0.25, -0.2) is 0 Å². The molecule has 0 amide bonds. The molecule has 0 aromatic rings. The second kappa shape index (κ2) is 4.21. The van der Waals surface area contributed by atoms with E-state index in [4.69, 9.17) is 9.57 Å². The molecule has 0 aliphatic carbocycles. The first-order valence-corrected chi connectivity index (χ1v) is 4.36. The Bertz CT molecular complexity index is 127. The summed E-state index contributed by atoms with van der Waals surface area (Å²) in [6.07, 6.45) is 0. The zero-order valence-corrected chi connectivity index (χ0v) is 9.02. The van der Waals surface area contributed by atoms with Crippen LogP contribution in [0.2, 0.25) is 0 Å². The van der Waals surface area contributed by atoms with Gasteiger partial charge < -0.3 is 4.74 Å². The topological polar surface area (TPSA) is 30.5 Å². The summed E-state index contributed by atoms with van der Waals surface area (Å²) in [5.41, 5.74) is 2.28. The van der Waals surface area contributed by atoms with Gasteiger partial charge >= 0.3 is 0 Å². The van der Waals surface area contributed by atoms with Crippen LogP contribution >= 0.6 is 0 Å². The van der Waals surface area contributed by atoms with Crippen LogP contribution in [0.4, 0.5) is 0 Å². The highest BCUT2D eigenvalue weighted by Gasteiger charge is 2.20. The largest absolute Gasteiger partial charge is 0.359 e. The summed E-state index contributed by atoms with van der Waals surface area (Å²) in [5, 5.41) is 0. The van der Waals surface area contributed by atoms with Crippen LogP contribution in [0.25, 0.3) is 0 Å². The minimum Gasteiger partial charge on any atom is -0.359 e. The van der Waals surface area contributed by atoms with Crippen molar-refractivity contribution in [1.82, 2.24) is 5.48 Å². The summed E-state index contributed by atoms with van der Waals surface area (Å²) in [5.74, 6) is 0. The zero-order valence-electron chi connectivity index (χ0n) is 9.02. The Morgan fingerprint density at radius 3 is 1.92 bits per heavy atom. The van der Waals surface area contributed by atoms with Gasteiger partial charge in [-0.3, -0.25) is 4.84 Å². The van der Waals surface area contributed by atoms with E-state index >= 15 is 0 Å².